The molecule has 1 amide bonds. The van der Waals surface area contributed by atoms with E-state index in [0.717, 1.165) is 35.1 Å². The van der Waals surface area contributed by atoms with E-state index < -0.39 is 23.4 Å². The number of ether oxygens (including phenoxy) is 1. The van der Waals surface area contributed by atoms with Gasteiger partial charge in [-0.3, -0.25) is 15.0 Å². The van der Waals surface area contributed by atoms with Crippen molar-refractivity contribution in [2.75, 3.05) is 25.9 Å². The second kappa shape index (κ2) is 12.4. The first kappa shape index (κ1) is 27.7. The van der Waals surface area contributed by atoms with Crippen molar-refractivity contribution >= 4 is 22.5 Å². The number of amides is 1. The number of aryl methyl sites for hydroxylation is 1. The van der Waals surface area contributed by atoms with E-state index in [-0.39, 0.29) is 23.9 Å². The topological polar surface area (TPSA) is 101 Å². The van der Waals surface area contributed by atoms with Crippen molar-refractivity contribution in [2.24, 2.45) is 5.92 Å². The molecule has 10 heteroatoms. The number of benzene rings is 2. The molecule has 4 rings (SSSR count). The molecule has 1 aromatic heterocycles. The molecule has 2 heterocycles. The molecule has 0 aliphatic carbocycles. The smallest absolute Gasteiger partial charge is 0.246 e. The van der Waals surface area contributed by atoms with Crippen LogP contribution in [0.3, 0.4) is 0 Å². The molecule has 204 valence electrons. The zero-order chi connectivity index (χ0) is 27.2. The number of pyridine rings is 1. The van der Waals surface area contributed by atoms with Crippen LogP contribution < -0.4 is 16.0 Å². The number of methoxy groups -OCH3 is 1. The molecule has 7 nitrogen and oxygen atoms in total. The van der Waals surface area contributed by atoms with Crippen molar-refractivity contribution in [1.82, 2.24) is 15.4 Å². The highest BCUT2D eigenvalue weighted by atomic mass is 19.1. The Balaban J connectivity index is 1.43. The first-order chi connectivity index (χ1) is 18.3. The molecule has 1 aliphatic heterocycles. The maximum atomic E-state index is 14.1. The van der Waals surface area contributed by atoms with Crippen molar-refractivity contribution in [1.29, 1.82) is 0 Å². The second-order valence-corrected chi connectivity index (χ2v) is 9.81. The van der Waals surface area contributed by atoms with Gasteiger partial charge in [-0.05, 0) is 81.8 Å². The Labute approximate surface area is 219 Å². The molecule has 4 N–H and O–H groups in total. The number of nitrogens with two attached hydrogens (primary N) is 1. The molecular weight excluding hydrogens is 497 g/mol. The van der Waals surface area contributed by atoms with Crippen molar-refractivity contribution in [2.45, 2.75) is 51.0 Å². The lowest BCUT2D eigenvalue weighted by Gasteiger charge is -2.39. The quantitative estimate of drug-likeness (QED) is 0.258. The molecule has 38 heavy (non-hydrogen) atoms. The summed E-state index contributed by atoms with van der Waals surface area (Å²) >= 11 is 0. The van der Waals surface area contributed by atoms with Gasteiger partial charge in [0, 0.05) is 35.0 Å². The largest absolute Gasteiger partial charge is 0.497 e. The Morgan fingerprint density at radius 3 is 2.61 bits per heavy atom. The van der Waals surface area contributed by atoms with E-state index in [4.69, 9.17) is 15.7 Å². The number of nitrogen functional groups attached to an aromatic ring is 1. The molecule has 1 fully saturated rings. The summed E-state index contributed by atoms with van der Waals surface area (Å²) in [6.07, 6.45) is 5.67. The fourth-order valence-corrected chi connectivity index (χ4v) is 5.46. The highest BCUT2D eigenvalue weighted by Gasteiger charge is 2.31. The minimum atomic E-state index is -0.936. The summed E-state index contributed by atoms with van der Waals surface area (Å²) in [5.41, 5.74) is 10.3. The number of anilines is 1. The van der Waals surface area contributed by atoms with E-state index in [1.54, 1.807) is 18.8 Å². The fourth-order valence-electron chi connectivity index (χ4n) is 5.46. The summed E-state index contributed by atoms with van der Waals surface area (Å²) in [7, 11) is 1.61. The third kappa shape index (κ3) is 6.36. The van der Waals surface area contributed by atoms with E-state index in [0.29, 0.717) is 56.6 Å². The van der Waals surface area contributed by atoms with E-state index in [1.165, 1.54) is 0 Å². The summed E-state index contributed by atoms with van der Waals surface area (Å²) < 4.78 is 46.7. The summed E-state index contributed by atoms with van der Waals surface area (Å²) in [5.74, 6) is -2.69. The molecule has 2 atom stereocenters. The van der Waals surface area contributed by atoms with Crippen LogP contribution in [0.4, 0.5) is 18.9 Å². The monoisotopic (exact) mass is 530 g/mol. The number of hydroxylamine groups is 1. The molecule has 1 aliphatic rings. The van der Waals surface area contributed by atoms with Crippen LogP contribution in [-0.2, 0) is 17.6 Å². The highest BCUT2D eigenvalue weighted by molar-refractivity contribution is 5.87. The third-order valence-corrected chi connectivity index (χ3v) is 7.48. The van der Waals surface area contributed by atoms with Crippen LogP contribution in [0.25, 0.3) is 10.9 Å². The van der Waals surface area contributed by atoms with Gasteiger partial charge >= 0.3 is 0 Å². The molecule has 0 bridgehead atoms. The van der Waals surface area contributed by atoms with Crippen molar-refractivity contribution in [3.63, 3.8) is 0 Å². The Bertz CT molecular complexity index is 1270. The predicted molar refractivity (Wildman–Crippen MR) is 138 cm³/mol. The predicted octanol–water partition coefficient (Wildman–Crippen LogP) is 4.78. The van der Waals surface area contributed by atoms with Crippen LogP contribution >= 0.6 is 0 Å². The first-order valence-electron chi connectivity index (χ1n) is 12.8. The molecule has 0 spiro atoms. The highest BCUT2D eigenvalue weighted by Crippen LogP contribution is 2.30. The van der Waals surface area contributed by atoms with Crippen molar-refractivity contribution in [3.05, 3.63) is 65.1 Å². The van der Waals surface area contributed by atoms with Crippen molar-refractivity contribution in [3.8, 4) is 5.75 Å². The Kier molecular flexibility index (Phi) is 9.06. The first-order valence-corrected chi connectivity index (χ1v) is 12.8. The normalized spacial score (nSPS) is 18.0. The van der Waals surface area contributed by atoms with Gasteiger partial charge in [0.1, 0.15) is 23.2 Å². The Morgan fingerprint density at radius 1 is 1.16 bits per heavy atom. The number of hydrogen-bond acceptors (Lipinski definition) is 6. The number of carbonyl (C=O) groups is 1. The van der Waals surface area contributed by atoms with Crippen LogP contribution in [0.5, 0.6) is 5.75 Å². The summed E-state index contributed by atoms with van der Waals surface area (Å²) in [6.45, 7) is 1.20. The number of halogens is 3. The number of likely N-dealkylation sites (tertiary alicyclic amines) is 1. The molecule has 0 saturated carbocycles. The molecular formula is C28H33F3N4O3. The van der Waals surface area contributed by atoms with Gasteiger partial charge in [-0.15, -0.1) is 0 Å². The summed E-state index contributed by atoms with van der Waals surface area (Å²) in [5, 5.41) is 10.1. The number of nitrogens with one attached hydrogen (secondary N) is 1. The lowest BCUT2D eigenvalue weighted by Crippen LogP contribution is -2.46. The molecule has 2 unspecified atom stereocenters. The van der Waals surface area contributed by atoms with Gasteiger partial charge in [-0.25, -0.2) is 18.7 Å². The van der Waals surface area contributed by atoms with Gasteiger partial charge < -0.3 is 15.4 Å². The van der Waals surface area contributed by atoms with E-state index in [1.807, 2.05) is 18.2 Å². The third-order valence-electron chi connectivity index (χ3n) is 7.48. The van der Waals surface area contributed by atoms with Crippen molar-refractivity contribution < 1.29 is 27.9 Å². The second-order valence-electron chi connectivity index (χ2n) is 9.81. The number of rotatable bonds is 10. The van der Waals surface area contributed by atoms with Crippen LogP contribution in [0.2, 0.25) is 0 Å². The van der Waals surface area contributed by atoms with Crippen LogP contribution in [-0.4, -0.2) is 47.2 Å². The van der Waals surface area contributed by atoms with Gasteiger partial charge in [-0.1, -0.05) is 0 Å². The Morgan fingerprint density at radius 2 is 1.89 bits per heavy atom. The minimum absolute atomic E-state index is 0.0397. The molecule has 2 aromatic carbocycles. The zero-order valence-corrected chi connectivity index (χ0v) is 21.4. The minimum Gasteiger partial charge on any atom is -0.497 e. The van der Waals surface area contributed by atoms with E-state index in [9.17, 15) is 18.0 Å². The fraction of sp³-hybridized carbons (Fsp3) is 0.429. The van der Waals surface area contributed by atoms with Crippen LogP contribution in [0, 0.1) is 23.4 Å². The van der Waals surface area contributed by atoms with Gasteiger partial charge in [0.2, 0.25) is 5.91 Å². The van der Waals surface area contributed by atoms with Gasteiger partial charge in [-0.2, -0.15) is 0 Å². The van der Waals surface area contributed by atoms with Crippen LogP contribution in [0.1, 0.15) is 43.2 Å². The average molecular weight is 531 g/mol. The molecule has 0 radical (unpaired) electrons. The van der Waals surface area contributed by atoms with Gasteiger partial charge in [0.15, 0.2) is 0 Å². The SMILES string of the molecule is COc1ccc2ncc(N)c(CCCC3CC(C(=O)NO)CCN3CCCc3c(F)cc(F)cc3F)c2c1. The number of hydrogen-bond donors (Lipinski definition) is 3. The average Bonchev–Trinajstić information content (AvgIpc) is 2.91. The zero-order valence-electron chi connectivity index (χ0n) is 21.4. The number of carbonyl (C=O) groups excluding carboxylic acids is 1. The molecule has 3 aromatic rings. The lowest BCUT2D eigenvalue weighted by atomic mass is 9.87. The summed E-state index contributed by atoms with van der Waals surface area (Å²) in [6, 6.07) is 7.11. The molecule has 1 saturated heterocycles. The Hall–Kier alpha value is -3.37. The van der Waals surface area contributed by atoms with E-state index >= 15 is 0 Å². The number of nitrogens with zero attached hydrogens (tertiary/aromatic N) is 2. The maximum Gasteiger partial charge on any atom is 0.246 e. The number of piperidine rings is 1. The van der Waals surface area contributed by atoms with Gasteiger partial charge in [0.05, 0.1) is 24.5 Å². The van der Waals surface area contributed by atoms with Gasteiger partial charge in [0.25, 0.3) is 0 Å². The number of fused-ring (bicyclic) bond motifs is 1. The van der Waals surface area contributed by atoms with Crippen LogP contribution in [0.15, 0.2) is 36.5 Å². The maximum absolute atomic E-state index is 14.1. The number of aromatic nitrogens is 1. The summed E-state index contributed by atoms with van der Waals surface area (Å²) in [4.78, 5) is 18.8. The lowest BCUT2D eigenvalue weighted by molar-refractivity contribution is -0.135. The standard InChI is InChI=1S/C28H33F3N4O3/c1-38-20-7-8-27-23(15-20)21(26(32)16-33-27)5-2-4-19-12-17(28(36)34-37)9-11-35(19)10-3-6-22-24(30)13-18(29)14-25(22)31/h7-8,13-17,19,37H,2-6,9-12,32H2,1H3,(H,34,36). The van der Waals surface area contributed by atoms with E-state index in [2.05, 4.69) is 9.88 Å².